The van der Waals surface area contributed by atoms with Crippen LogP contribution in [0.2, 0.25) is 0 Å². The molecule has 5 heteroatoms. The van der Waals surface area contributed by atoms with Crippen LogP contribution in [-0.2, 0) is 17.8 Å². The molecule has 2 heterocycles. The molecule has 0 radical (unpaired) electrons. The van der Waals surface area contributed by atoms with Crippen LogP contribution in [0, 0.1) is 12.7 Å². The predicted octanol–water partition coefficient (Wildman–Crippen LogP) is 6.12. The number of carbonyl (C=O) groups is 1. The summed E-state index contributed by atoms with van der Waals surface area (Å²) in [5.41, 5.74) is 6.11. The minimum absolute atomic E-state index is 0.0533. The highest BCUT2D eigenvalue weighted by atomic mass is 19.1. The van der Waals surface area contributed by atoms with Crippen molar-refractivity contribution in [2.45, 2.75) is 25.8 Å². The van der Waals surface area contributed by atoms with Crippen molar-refractivity contribution in [3.05, 3.63) is 112 Å². The molecule has 174 valence electrons. The van der Waals surface area contributed by atoms with E-state index in [0.29, 0.717) is 42.1 Å². The van der Waals surface area contributed by atoms with E-state index in [4.69, 9.17) is 4.74 Å². The third kappa shape index (κ3) is 3.46. The van der Waals surface area contributed by atoms with Crippen molar-refractivity contribution in [3.8, 4) is 22.6 Å². The lowest BCUT2D eigenvalue weighted by Gasteiger charge is -2.22. The topological polar surface area (TPSA) is 49.8 Å². The van der Waals surface area contributed by atoms with Crippen molar-refractivity contribution < 1.29 is 19.0 Å². The molecule has 4 aromatic rings. The van der Waals surface area contributed by atoms with Gasteiger partial charge in [-0.05, 0) is 46.9 Å². The van der Waals surface area contributed by atoms with E-state index in [1.54, 1.807) is 23.1 Å². The largest absolute Gasteiger partial charge is 0.507 e. The lowest BCUT2D eigenvalue weighted by atomic mass is 9.89. The van der Waals surface area contributed by atoms with E-state index in [2.05, 4.69) is 0 Å². The summed E-state index contributed by atoms with van der Waals surface area (Å²) < 4.78 is 20.9. The third-order valence-corrected chi connectivity index (χ3v) is 7.02. The number of ether oxygens (including phenoxy) is 1. The van der Waals surface area contributed by atoms with Crippen LogP contribution >= 0.6 is 0 Å². The van der Waals surface area contributed by atoms with Crippen LogP contribution in [0.1, 0.15) is 33.7 Å². The van der Waals surface area contributed by atoms with Gasteiger partial charge < -0.3 is 14.7 Å². The van der Waals surface area contributed by atoms with E-state index in [1.165, 1.54) is 6.07 Å². The van der Waals surface area contributed by atoms with E-state index in [1.807, 2.05) is 61.5 Å². The molecule has 1 unspecified atom stereocenters. The Morgan fingerprint density at radius 2 is 1.80 bits per heavy atom. The van der Waals surface area contributed by atoms with Crippen LogP contribution in [0.3, 0.4) is 0 Å². The fourth-order valence-corrected chi connectivity index (χ4v) is 5.35. The first kappa shape index (κ1) is 21.4. The van der Waals surface area contributed by atoms with Crippen molar-refractivity contribution in [2.75, 3.05) is 11.5 Å². The Hall–Kier alpha value is -4.12. The molecular weight excluding hydrogens is 441 g/mol. The molecule has 0 aliphatic carbocycles. The first-order valence-corrected chi connectivity index (χ1v) is 11.7. The van der Waals surface area contributed by atoms with Crippen LogP contribution in [0.15, 0.2) is 78.9 Å². The number of rotatable bonds is 4. The molecule has 1 N–H and O–H groups in total. The average molecular weight is 466 g/mol. The number of halogens is 1. The second-order valence-electron chi connectivity index (χ2n) is 9.12. The molecule has 0 fully saturated rings. The van der Waals surface area contributed by atoms with Gasteiger partial charge in [0.2, 0.25) is 5.91 Å². The lowest BCUT2D eigenvalue weighted by molar-refractivity contribution is -0.118. The van der Waals surface area contributed by atoms with Gasteiger partial charge in [0.15, 0.2) is 0 Å². The molecule has 35 heavy (non-hydrogen) atoms. The zero-order valence-corrected chi connectivity index (χ0v) is 19.3. The maximum Gasteiger partial charge on any atom is 0.239 e. The number of hydrogen-bond acceptors (Lipinski definition) is 3. The second kappa shape index (κ2) is 8.27. The van der Waals surface area contributed by atoms with Gasteiger partial charge in [0, 0.05) is 23.6 Å². The number of fused-ring (bicyclic) bond motifs is 2. The lowest BCUT2D eigenvalue weighted by Crippen LogP contribution is -2.29. The molecular formula is C30H24FNO3. The number of benzene rings is 4. The monoisotopic (exact) mass is 465 g/mol. The van der Waals surface area contributed by atoms with Gasteiger partial charge in [-0.1, -0.05) is 60.7 Å². The van der Waals surface area contributed by atoms with E-state index >= 15 is 4.39 Å². The summed E-state index contributed by atoms with van der Waals surface area (Å²) in [6, 6.07) is 24.4. The van der Waals surface area contributed by atoms with Gasteiger partial charge in [0.05, 0.1) is 24.8 Å². The molecule has 0 saturated heterocycles. The highest BCUT2D eigenvalue weighted by Gasteiger charge is 2.43. The van der Waals surface area contributed by atoms with E-state index in [0.717, 1.165) is 27.8 Å². The molecule has 4 aromatic carbocycles. The van der Waals surface area contributed by atoms with Crippen LogP contribution in [0.4, 0.5) is 10.1 Å². The smallest absolute Gasteiger partial charge is 0.239 e. The molecule has 0 saturated carbocycles. The summed E-state index contributed by atoms with van der Waals surface area (Å²) in [6.45, 7) is 2.72. The molecule has 4 nitrogen and oxygen atoms in total. The maximum absolute atomic E-state index is 15.4. The Labute approximate surface area is 203 Å². The van der Waals surface area contributed by atoms with Gasteiger partial charge in [-0.15, -0.1) is 0 Å². The zero-order valence-electron chi connectivity index (χ0n) is 19.3. The fourth-order valence-electron chi connectivity index (χ4n) is 5.35. The van der Waals surface area contributed by atoms with Crippen LogP contribution in [-0.4, -0.2) is 17.6 Å². The summed E-state index contributed by atoms with van der Waals surface area (Å²) in [6.07, 6.45) is 0.695. The Morgan fingerprint density at radius 1 is 1.03 bits per heavy atom. The molecule has 2 aliphatic heterocycles. The molecule has 1 atom stereocenters. The van der Waals surface area contributed by atoms with Gasteiger partial charge in [-0.25, -0.2) is 4.39 Å². The van der Waals surface area contributed by atoms with Crippen molar-refractivity contribution in [3.63, 3.8) is 0 Å². The zero-order chi connectivity index (χ0) is 24.1. The predicted molar refractivity (Wildman–Crippen MR) is 133 cm³/mol. The van der Waals surface area contributed by atoms with Gasteiger partial charge in [-0.2, -0.15) is 0 Å². The molecule has 6 rings (SSSR count). The number of phenols is 1. The van der Waals surface area contributed by atoms with Crippen LogP contribution in [0.25, 0.3) is 11.1 Å². The number of hydrogen-bond donors (Lipinski definition) is 1. The molecule has 0 spiro atoms. The Morgan fingerprint density at radius 3 is 2.63 bits per heavy atom. The number of aryl methyl sites for hydroxylation is 1. The number of anilines is 1. The summed E-state index contributed by atoms with van der Waals surface area (Å²) in [5.74, 6) is -1.04. The van der Waals surface area contributed by atoms with Gasteiger partial charge in [-0.3, -0.25) is 4.79 Å². The molecule has 0 bridgehead atoms. The van der Waals surface area contributed by atoms with E-state index in [9.17, 15) is 9.90 Å². The summed E-state index contributed by atoms with van der Waals surface area (Å²) >= 11 is 0. The first-order valence-electron chi connectivity index (χ1n) is 11.7. The van der Waals surface area contributed by atoms with Gasteiger partial charge in [0.25, 0.3) is 0 Å². The van der Waals surface area contributed by atoms with Crippen molar-refractivity contribution in [1.82, 2.24) is 0 Å². The highest BCUT2D eigenvalue weighted by Crippen LogP contribution is 2.49. The standard InChI is InChI=1S/C30H24FNO3/c1-18-11-12-24(31)28-27(23-15-20-13-14-35-26(20)16-25(23)33)30(34)32(29(18)28)17-21-9-5-6-10-22(21)19-7-3-2-4-8-19/h2-12,15-16,27,33H,13-14,17H2,1H3. The average Bonchev–Trinajstić information content (AvgIpc) is 3.44. The highest BCUT2D eigenvalue weighted by molar-refractivity contribution is 6.08. The summed E-state index contributed by atoms with van der Waals surface area (Å²) in [4.78, 5) is 15.7. The minimum atomic E-state index is -0.917. The van der Waals surface area contributed by atoms with Crippen LogP contribution in [0.5, 0.6) is 11.5 Å². The molecule has 1 amide bonds. The number of phenolic OH excluding ortho intramolecular Hbond substituents is 1. The third-order valence-electron chi connectivity index (χ3n) is 7.02. The van der Waals surface area contributed by atoms with Gasteiger partial charge in [0.1, 0.15) is 17.3 Å². The second-order valence-corrected chi connectivity index (χ2v) is 9.12. The summed E-state index contributed by atoms with van der Waals surface area (Å²) in [5, 5.41) is 10.8. The van der Waals surface area contributed by atoms with Crippen molar-refractivity contribution in [1.29, 1.82) is 0 Å². The van der Waals surface area contributed by atoms with E-state index in [-0.39, 0.29) is 11.7 Å². The van der Waals surface area contributed by atoms with E-state index < -0.39 is 11.7 Å². The Balaban J connectivity index is 1.48. The maximum atomic E-state index is 15.4. The number of aromatic hydroxyl groups is 1. The Bertz CT molecular complexity index is 1460. The molecule has 0 aromatic heterocycles. The normalized spacial score (nSPS) is 16.2. The van der Waals surface area contributed by atoms with Gasteiger partial charge >= 0.3 is 0 Å². The van der Waals surface area contributed by atoms with Crippen molar-refractivity contribution >= 4 is 11.6 Å². The molecule has 2 aliphatic rings. The summed E-state index contributed by atoms with van der Waals surface area (Å²) in [7, 11) is 0. The SMILES string of the molecule is Cc1ccc(F)c2c1N(Cc1ccccc1-c1ccccc1)C(=O)C2c1cc2c(cc1O)OCC2. The Kier molecular flexibility index (Phi) is 5.06. The minimum Gasteiger partial charge on any atom is -0.507 e. The number of carbonyl (C=O) groups excluding carboxylic acids is 1. The first-order chi connectivity index (χ1) is 17.0. The number of amides is 1. The quantitative estimate of drug-likeness (QED) is 0.395. The number of nitrogens with zero attached hydrogens (tertiary/aromatic N) is 1. The fraction of sp³-hybridized carbons (Fsp3) is 0.167. The van der Waals surface area contributed by atoms with Crippen molar-refractivity contribution in [2.24, 2.45) is 0 Å². The van der Waals surface area contributed by atoms with Crippen LogP contribution < -0.4 is 9.64 Å².